The lowest BCUT2D eigenvalue weighted by molar-refractivity contribution is 0.0981. The van der Waals surface area contributed by atoms with E-state index in [0.29, 0.717) is 35.2 Å². The van der Waals surface area contributed by atoms with Crippen LogP contribution >= 0.6 is 11.6 Å². The van der Waals surface area contributed by atoms with Crippen molar-refractivity contribution in [3.63, 3.8) is 0 Å². The zero-order valence-corrected chi connectivity index (χ0v) is 15.1. The van der Waals surface area contributed by atoms with Crippen molar-refractivity contribution >= 4 is 28.4 Å². The minimum absolute atomic E-state index is 0.0279. The third kappa shape index (κ3) is 1.83. The van der Waals surface area contributed by atoms with Crippen molar-refractivity contribution in [3.05, 3.63) is 28.5 Å². The van der Waals surface area contributed by atoms with Gasteiger partial charge in [-0.3, -0.25) is 4.79 Å². The predicted octanol–water partition coefficient (Wildman–Crippen LogP) is 4.26. The van der Waals surface area contributed by atoms with Gasteiger partial charge in [0.1, 0.15) is 22.8 Å². The number of aromatic nitrogens is 4. The third-order valence-electron chi connectivity index (χ3n) is 6.09. The molecule has 3 heterocycles. The molecule has 3 aromatic heterocycles. The summed E-state index contributed by atoms with van der Waals surface area (Å²) < 4.78 is 7.94. The Morgan fingerprint density at radius 2 is 2.04 bits per heavy atom. The van der Waals surface area contributed by atoms with Crippen molar-refractivity contribution in [1.29, 1.82) is 0 Å². The summed E-state index contributed by atoms with van der Waals surface area (Å²) >= 11 is 6.51. The van der Waals surface area contributed by atoms with Gasteiger partial charge in [-0.05, 0) is 39.0 Å². The summed E-state index contributed by atoms with van der Waals surface area (Å²) in [5, 5.41) is 5.56. The fourth-order valence-electron chi connectivity index (χ4n) is 4.33. The van der Waals surface area contributed by atoms with Crippen molar-refractivity contribution in [3.8, 4) is 11.3 Å². The van der Waals surface area contributed by atoms with E-state index in [9.17, 15) is 4.79 Å². The molecule has 0 aromatic carbocycles. The molecule has 3 aliphatic carbocycles. The minimum atomic E-state index is 0.0279. The van der Waals surface area contributed by atoms with Gasteiger partial charge in [-0.2, -0.15) is 0 Å². The summed E-state index contributed by atoms with van der Waals surface area (Å²) in [6.07, 6.45) is 6.94. The zero-order valence-electron chi connectivity index (χ0n) is 14.4. The van der Waals surface area contributed by atoms with Crippen LogP contribution < -0.4 is 0 Å². The SMILES string of the molecule is CC1(n2c3c(c4c(Cl)ncnc42)-c2noc(C4CC4)c2C(=O)CC3)CC1. The second-order valence-corrected chi connectivity index (χ2v) is 8.34. The first-order valence-corrected chi connectivity index (χ1v) is 9.54. The van der Waals surface area contributed by atoms with E-state index in [1.54, 1.807) is 0 Å². The van der Waals surface area contributed by atoms with E-state index in [-0.39, 0.29) is 11.3 Å². The fourth-order valence-corrected chi connectivity index (χ4v) is 4.55. The smallest absolute Gasteiger partial charge is 0.169 e. The van der Waals surface area contributed by atoms with Crippen molar-refractivity contribution in [2.24, 2.45) is 0 Å². The van der Waals surface area contributed by atoms with Crippen LogP contribution in [0.5, 0.6) is 0 Å². The Morgan fingerprint density at radius 1 is 1.23 bits per heavy atom. The van der Waals surface area contributed by atoms with Crippen molar-refractivity contribution in [2.75, 3.05) is 0 Å². The quantitative estimate of drug-likeness (QED) is 0.632. The molecule has 0 amide bonds. The Labute approximate surface area is 154 Å². The summed E-state index contributed by atoms with van der Waals surface area (Å²) in [6.45, 7) is 2.23. The topological polar surface area (TPSA) is 73.8 Å². The number of fused-ring (bicyclic) bond motifs is 5. The molecule has 2 fully saturated rings. The molecule has 0 aliphatic heterocycles. The molecule has 0 unspecified atom stereocenters. The van der Waals surface area contributed by atoms with Gasteiger partial charge in [0.25, 0.3) is 0 Å². The maximum atomic E-state index is 12.9. The highest BCUT2D eigenvalue weighted by molar-refractivity contribution is 6.35. The molecule has 132 valence electrons. The second-order valence-electron chi connectivity index (χ2n) is 7.99. The highest BCUT2D eigenvalue weighted by atomic mass is 35.5. The van der Waals surface area contributed by atoms with Crippen molar-refractivity contribution in [2.45, 2.75) is 56.9 Å². The number of rotatable bonds is 2. The van der Waals surface area contributed by atoms with Gasteiger partial charge in [0, 0.05) is 29.1 Å². The van der Waals surface area contributed by atoms with E-state index in [0.717, 1.165) is 53.7 Å². The van der Waals surface area contributed by atoms with Gasteiger partial charge in [0.15, 0.2) is 11.5 Å². The second kappa shape index (κ2) is 4.74. The number of carbonyl (C=O) groups excluding carboxylic acids is 1. The van der Waals surface area contributed by atoms with E-state index < -0.39 is 0 Å². The zero-order chi connectivity index (χ0) is 17.6. The van der Waals surface area contributed by atoms with E-state index in [1.807, 2.05) is 0 Å². The lowest BCUT2D eigenvalue weighted by Crippen LogP contribution is -2.16. The van der Waals surface area contributed by atoms with E-state index >= 15 is 0 Å². The molecule has 3 aromatic rings. The fraction of sp³-hybridized carbons (Fsp3) is 0.474. The van der Waals surface area contributed by atoms with Gasteiger partial charge < -0.3 is 9.09 Å². The number of carbonyl (C=O) groups is 1. The molecule has 6 nitrogen and oxygen atoms in total. The highest BCUT2D eigenvalue weighted by Gasteiger charge is 2.45. The minimum Gasteiger partial charge on any atom is -0.360 e. The number of hydrogen-bond acceptors (Lipinski definition) is 5. The van der Waals surface area contributed by atoms with Crippen LogP contribution in [-0.2, 0) is 12.0 Å². The molecule has 0 N–H and O–H groups in total. The number of nitrogens with zero attached hydrogens (tertiary/aromatic N) is 4. The van der Waals surface area contributed by atoms with Crippen LogP contribution in [0, 0.1) is 0 Å². The Balaban J connectivity index is 1.75. The number of hydrogen-bond donors (Lipinski definition) is 0. The van der Waals surface area contributed by atoms with Gasteiger partial charge >= 0.3 is 0 Å². The number of Topliss-reactive ketones (excluding diaryl/α,β-unsaturated/α-hetero) is 1. The molecule has 0 radical (unpaired) electrons. The van der Waals surface area contributed by atoms with Crippen molar-refractivity contribution in [1.82, 2.24) is 19.7 Å². The Morgan fingerprint density at radius 3 is 2.77 bits per heavy atom. The predicted molar refractivity (Wildman–Crippen MR) is 95.5 cm³/mol. The molecule has 0 spiro atoms. The summed E-state index contributed by atoms with van der Waals surface area (Å²) in [5.74, 6) is 1.20. The molecule has 7 heteroatoms. The largest absolute Gasteiger partial charge is 0.360 e. The number of halogens is 1. The van der Waals surface area contributed by atoms with Gasteiger partial charge in [-0.1, -0.05) is 16.8 Å². The molecule has 3 aliphatic rings. The standard InChI is InChI=1S/C19H17ClN4O2/c1-19(6-7-19)24-10-4-5-11(25)13-15(23-26-16(13)9-2-3-9)12(10)14-17(20)21-8-22-18(14)24/h8-9H,2-7H2,1H3. The van der Waals surface area contributed by atoms with Crippen LogP contribution in [0.1, 0.15) is 66.8 Å². The highest BCUT2D eigenvalue weighted by Crippen LogP contribution is 2.52. The first-order valence-electron chi connectivity index (χ1n) is 9.16. The molecule has 26 heavy (non-hydrogen) atoms. The summed E-state index contributed by atoms with van der Waals surface area (Å²) in [7, 11) is 0. The van der Waals surface area contributed by atoms with Crippen LogP contribution in [0.25, 0.3) is 22.3 Å². The summed E-state index contributed by atoms with van der Waals surface area (Å²) in [4.78, 5) is 21.7. The molecular formula is C19H17ClN4O2. The van der Waals surface area contributed by atoms with Crippen LogP contribution in [0.3, 0.4) is 0 Å². The lowest BCUT2D eigenvalue weighted by Gasteiger charge is -2.16. The molecule has 0 bridgehead atoms. The maximum Gasteiger partial charge on any atom is 0.169 e. The first kappa shape index (κ1) is 14.9. The Kier molecular flexibility index (Phi) is 2.72. The Hall–Kier alpha value is -2.21. The normalized spacial score (nSPS) is 20.8. The maximum absolute atomic E-state index is 12.9. The van der Waals surface area contributed by atoms with Crippen LogP contribution in [0.2, 0.25) is 5.15 Å². The van der Waals surface area contributed by atoms with E-state index in [1.165, 1.54) is 6.33 Å². The van der Waals surface area contributed by atoms with Crippen LogP contribution in [0.4, 0.5) is 0 Å². The summed E-state index contributed by atoms with van der Waals surface area (Å²) in [6, 6.07) is 0. The molecular weight excluding hydrogens is 352 g/mol. The van der Waals surface area contributed by atoms with E-state index in [4.69, 9.17) is 16.1 Å². The average molecular weight is 369 g/mol. The van der Waals surface area contributed by atoms with Crippen molar-refractivity contribution < 1.29 is 9.32 Å². The molecule has 0 saturated heterocycles. The molecule has 2 saturated carbocycles. The van der Waals surface area contributed by atoms with Gasteiger partial charge in [-0.25, -0.2) is 9.97 Å². The molecule has 6 rings (SSSR count). The van der Waals surface area contributed by atoms with Crippen LogP contribution in [0.15, 0.2) is 10.9 Å². The monoisotopic (exact) mass is 368 g/mol. The van der Waals surface area contributed by atoms with E-state index in [2.05, 4.69) is 26.6 Å². The average Bonchev–Trinajstić information content (AvgIpc) is 3.53. The van der Waals surface area contributed by atoms with Gasteiger partial charge in [-0.15, -0.1) is 0 Å². The van der Waals surface area contributed by atoms with Crippen LogP contribution in [-0.4, -0.2) is 25.5 Å². The van der Waals surface area contributed by atoms with Gasteiger partial charge in [0.05, 0.1) is 10.9 Å². The first-order chi connectivity index (χ1) is 12.6. The summed E-state index contributed by atoms with van der Waals surface area (Å²) in [5.41, 5.74) is 4.15. The van der Waals surface area contributed by atoms with Gasteiger partial charge in [0.2, 0.25) is 0 Å². The number of ketones is 1. The lowest BCUT2D eigenvalue weighted by atomic mass is 10.0. The molecule has 0 atom stereocenters. The third-order valence-corrected chi connectivity index (χ3v) is 6.37. The Bertz CT molecular complexity index is 1100.